The minimum Gasteiger partial charge on any atom is -0.452 e. The van der Waals surface area contributed by atoms with E-state index in [-0.39, 0.29) is 12.5 Å². The van der Waals surface area contributed by atoms with E-state index in [1.807, 2.05) is 38.1 Å². The Morgan fingerprint density at radius 3 is 2.67 bits per heavy atom. The Hall–Kier alpha value is -3.74. The molecule has 2 amide bonds. The van der Waals surface area contributed by atoms with Gasteiger partial charge < -0.3 is 10.1 Å². The minimum absolute atomic E-state index is 0.121. The van der Waals surface area contributed by atoms with E-state index in [0.717, 1.165) is 16.5 Å². The quantitative estimate of drug-likeness (QED) is 0.676. The number of pyridine rings is 1. The van der Waals surface area contributed by atoms with Crippen LogP contribution in [0.2, 0.25) is 0 Å². The Balaban J connectivity index is 1.56. The van der Waals surface area contributed by atoms with Crippen LogP contribution in [0.15, 0.2) is 48.5 Å². The van der Waals surface area contributed by atoms with Crippen LogP contribution in [-0.4, -0.2) is 35.9 Å². The summed E-state index contributed by atoms with van der Waals surface area (Å²) in [5, 5.41) is 3.60. The van der Waals surface area contributed by atoms with Crippen molar-refractivity contribution in [1.82, 2.24) is 4.98 Å². The van der Waals surface area contributed by atoms with Gasteiger partial charge in [0.05, 0.1) is 28.1 Å². The van der Waals surface area contributed by atoms with Gasteiger partial charge in [0.2, 0.25) is 5.91 Å². The van der Waals surface area contributed by atoms with Crippen LogP contribution in [0.1, 0.15) is 28.5 Å². The summed E-state index contributed by atoms with van der Waals surface area (Å²) in [6, 6.07) is 14.6. The summed E-state index contributed by atoms with van der Waals surface area (Å²) in [4.78, 5) is 43.5. The van der Waals surface area contributed by atoms with Crippen LogP contribution in [0.4, 0.5) is 11.4 Å². The SMILES string of the molecule is CCc1nc2ccccc2c(C)c1C(=O)OCC(=O)N1CC(=O)Nc2ccccc21. The second-order valence-electron chi connectivity index (χ2n) is 7.05. The van der Waals surface area contributed by atoms with Crippen molar-refractivity contribution in [3.63, 3.8) is 0 Å². The number of anilines is 2. The number of amides is 2. The summed E-state index contributed by atoms with van der Waals surface area (Å²) in [7, 11) is 0. The molecular formula is C23H21N3O4. The first kappa shape index (κ1) is 19.6. The number of fused-ring (bicyclic) bond motifs is 2. The van der Waals surface area contributed by atoms with E-state index in [0.29, 0.717) is 29.1 Å². The third-order valence-corrected chi connectivity index (χ3v) is 5.16. The lowest BCUT2D eigenvalue weighted by Crippen LogP contribution is -2.44. The molecule has 0 atom stereocenters. The molecule has 4 rings (SSSR count). The third-order valence-electron chi connectivity index (χ3n) is 5.16. The molecule has 3 aromatic rings. The molecule has 30 heavy (non-hydrogen) atoms. The summed E-state index contributed by atoms with van der Waals surface area (Å²) in [5.74, 6) is -1.35. The van der Waals surface area contributed by atoms with Crippen LogP contribution in [0.25, 0.3) is 10.9 Å². The van der Waals surface area contributed by atoms with Crippen LogP contribution < -0.4 is 10.2 Å². The van der Waals surface area contributed by atoms with Gasteiger partial charge in [0.15, 0.2) is 6.61 Å². The number of ether oxygens (including phenoxy) is 1. The lowest BCUT2D eigenvalue weighted by Gasteiger charge is -2.28. The number of aryl methyl sites for hydroxylation is 2. The number of hydrogen-bond acceptors (Lipinski definition) is 5. The molecule has 1 aromatic heterocycles. The van der Waals surface area contributed by atoms with Crippen LogP contribution in [0.3, 0.4) is 0 Å². The maximum Gasteiger partial charge on any atom is 0.340 e. The summed E-state index contributed by atoms with van der Waals surface area (Å²) < 4.78 is 5.36. The van der Waals surface area contributed by atoms with E-state index in [9.17, 15) is 14.4 Å². The fourth-order valence-electron chi connectivity index (χ4n) is 3.70. The zero-order chi connectivity index (χ0) is 21.3. The van der Waals surface area contributed by atoms with Crippen molar-refractivity contribution in [2.45, 2.75) is 20.3 Å². The monoisotopic (exact) mass is 403 g/mol. The van der Waals surface area contributed by atoms with Crippen molar-refractivity contribution in [2.24, 2.45) is 0 Å². The molecule has 1 aliphatic heterocycles. The molecular weight excluding hydrogens is 382 g/mol. The maximum absolute atomic E-state index is 12.9. The number of nitrogens with one attached hydrogen (secondary N) is 1. The predicted octanol–water partition coefficient (Wildman–Crippen LogP) is 3.25. The zero-order valence-electron chi connectivity index (χ0n) is 16.8. The van der Waals surface area contributed by atoms with Gasteiger partial charge in [-0.2, -0.15) is 0 Å². The van der Waals surface area contributed by atoms with Gasteiger partial charge in [0.1, 0.15) is 6.54 Å². The summed E-state index contributed by atoms with van der Waals surface area (Å²) >= 11 is 0. The van der Waals surface area contributed by atoms with E-state index in [2.05, 4.69) is 10.3 Å². The molecule has 7 nitrogen and oxygen atoms in total. The summed E-state index contributed by atoms with van der Waals surface area (Å²) in [6.45, 7) is 3.19. The van der Waals surface area contributed by atoms with Gasteiger partial charge in [-0.15, -0.1) is 0 Å². The van der Waals surface area contributed by atoms with E-state index in [1.165, 1.54) is 4.90 Å². The molecule has 7 heteroatoms. The van der Waals surface area contributed by atoms with Crippen molar-refractivity contribution in [3.05, 3.63) is 65.4 Å². The van der Waals surface area contributed by atoms with E-state index in [1.54, 1.807) is 24.3 Å². The topological polar surface area (TPSA) is 88.6 Å². The molecule has 0 saturated carbocycles. The molecule has 0 radical (unpaired) electrons. The lowest BCUT2D eigenvalue weighted by atomic mass is 10.0. The van der Waals surface area contributed by atoms with Crippen LogP contribution in [-0.2, 0) is 20.7 Å². The highest BCUT2D eigenvalue weighted by atomic mass is 16.5. The van der Waals surface area contributed by atoms with Crippen LogP contribution >= 0.6 is 0 Å². The summed E-state index contributed by atoms with van der Waals surface area (Å²) in [6.07, 6.45) is 0.559. The number of aromatic nitrogens is 1. The number of carbonyl (C=O) groups is 3. The molecule has 152 valence electrons. The second kappa shape index (κ2) is 7.94. The summed E-state index contributed by atoms with van der Waals surface area (Å²) in [5.41, 5.74) is 3.74. The smallest absolute Gasteiger partial charge is 0.340 e. The lowest BCUT2D eigenvalue weighted by molar-refractivity contribution is -0.124. The highest BCUT2D eigenvalue weighted by molar-refractivity contribution is 6.10. The van der Waals surface area contributed by atoms with Crippen molar-refractivity contribution >= 4 is 40.1 Å². The molecule has 0 bridgehead atoms. The fourth-order valence-corrected chi connectivity index (χ4v) is 3.70. The van der Waals surface area contributed by atoms with Gasteiger partial charge in [0, 0.05) is 5.39 Å². The zero-order valence-corrected chi connectivity index (χ0v) is 16.8. The van der Waals surface area contributed by atoms with E-state index < -0.39 is 18.5 Å². The maximum atomic E-state index is 12.9. The number of para-hydroxylation sites is 3. The Morgan fingerprint density at radius 2 is 1.87 bits per heavy atom. The number of esters is 1. The first-order valence-electron chi connectivity index (χ1n) is 9.74. The average Bonchev–Trinajstić information content (AvgIpc) is 2.76. The van der Waals surface area contributed by atoms with E-state index >= 15 is 0 Å². The predicted molar refractivity (Wildman–Crippen MR) is 114 cm³/mol. The molecule has 2 heterocycles. The van der Waals surface area contributed by atoms with Gasteiger partial charge >= 0.3 is 5.97 Å². The average molecular weight is 403 g/mol. The van der Waals surface area contributed by atoms with Gasteiger partial charge in [-0.05, 0) is 37.1 Å². The highest BCUT2D eigenvalue weighted by Crippen LogP contribution is 2.29. The Labute approximate surface area is 173 Å². The Bertz CT molecular complexity index is 1170. The van der Waals surface area contributed by atoms with Crippen molar-refractivity contribution in [3.8, 4) is 0 Å². The Morgan fingerprint density at radius 1 is 1.13 bits per heavy atom. The number of nitrogens with zero attached hydrogens (tertiary/aromatic N) is 2. The fraction of sp³-hybridized carbons (Fsp3) is 0.217. The Kier molecular flexibility index (Phi) is 5.18. The largest absolute Gasteiger partial charge is 0.452 e. The molecule has 0 saturated heterocycles. The number of rotatable bonds is 4. The highest BCUT2D eigenvalue weighted by Gasteiger charge is 2.28. The molecule has 2 aromatic carbocycles. The van der Waals surface area contributed by atoms with Crippen molar-refractivity contribution in [1.29, 1.82) is 0 Å². The third kappa shape index (κ3) is 3.50. The van der Waals surface area contributed by atoms with Gasteiger partial charge in [-0.25, -0.2) is 4.79 Å². The molecule has 0 unspecified atom stereocenters. The minimum atomic E-state index is -0.592. The van der Waals surface area contributed by atoms with Crippen LogP contribution in [0.5, 0.6) is 0 Å². The first-order valence-corrected chi connectivity index (χ1v) is 9.74. The van der Waals surface area contributed by atoms with Crippen molar-refractivity contribution in [2.75, 3.05) is 23.4 Å². The normalized spacial score (nSPS) is 13.0. The van der Waals surface area contributed by atoms with Gasteiger partial charge in [-0.3, -0.25) is 19.5 Å². The molecule has 1 N–H and O–H groups in total. The molecule has 1 aliphatic rings. The van der Waals surface area contributed by atoms with E-state index in [4.69, 9.17) is 4.74 Å². The number of hydrogen-bond donors (Lipinski definition) is 1. The van der Waals surface area contributed by atoms with Gasteiger partial charge in [-0.1, -0.05) is 37.3 Å². The van der Waals surface area contributed by atoms with Crippen molar-refractivity contribution < 1.29 is 19.1 Å². The first-order chi connectivity index (χ1) is 14.5. The second-order valence-corrected chi connectivity index (χ2v) is 7.05. The number of carbonyl (C=O) groups excluding carboxylic acids is 3. The number of benzene rings is 2. The standard InChI is InChI=1S/C23H21N3O4/c1-3-16-22(14(2)15-8-4-5-9-17(15)24-16)23(29)30-13-21(28)26-12-20(27)25-18-10-6-7-11-19(18)26/h4-11H,3,12-13H2,1-2H3,(H,25,27). The molecule has 0 fully saturated rings. The van der Waals surface area contributed by atoms with Gasteiger partial charge in [0.25, 0.3) is 5.91 Å². The molecule has 0 spiro atoms. The molecule has 0 aliphatic carbocycles. The van der Waals surface area contributed by atoms with Crippen LogP contribution in [0, 0.1) is 6.92 Å².